The Hall–Kier alpha value is -0.0400. The third-order valence-corrected chi connectivity index (χ3v) is 1.86. The van der Waals surface area contributed by atoms with Crippen molar-refractivity contribution in [3.8, 4) is 0 Å². The number of alkyl halides is 1. The van der Waals surface area contributed by atoms with Gasteiger partial charge in [-0.3, -0.25) is 4.79 Å². The smallest absolute Gasteiger partial charge is 0.136 e. The maximum atomic E-state index is 10.9. The molecule has 0 amide bonds. The van der Waals surface area contributed by atoms with Crippen LogP contribution in [0, 0.1) is 5.92 Å². The van der Waals surface area contributed by atoms with Gasteiger partial charge in [0.15, 0.2) is 0 Å². The number of carbonyl (C=O) groups is 1. The molecule has 0 heterocycles. The first-order valence-corrected chi connectivity index (χ1v) is 3.96. The average Bonchev–Trinajstić information content (AvgIpc) is 2.63. The van der Waals surface area contributed by atoms with Gasteiger partial charge >= 0.3 is 0 Å². The highest BCUT2D eigenvalue weighted by molar-refractivity contribution is 6.17. The van der Waals surface area contributed by atoms with Gasteiger partial charge in [0.1, 0.15) is 5.78 Å². The van der Waals surface area contributed by atoms with Crippen molar-refractivity contribution in [2.24, 2.45) is 5.92 Å². The average molecular weight is 147 g/mol. The third-order valence-electron chi connectivity index (χ3n) is 1.59. The largest absolute Gasteiger partial charge is 0.299 e. The minimum absolute atomic E-state index is 0.424. The number of hydrogen-bond donors (Lipinski definition) is 0. The van der Waals surface area contributed by atoms with E-state index >= 15 is 0 Å². The summed E-state index contributed by atoms with van der Waals surface area (Å²) in [5.41, 5.74) is 0. The van der Waals surface area contributed by atoms with Crippen LogP contribution in [0.4, 0.5) is 0 Å². The normalized spacial score (nSPS) is 17.9. The highest BCUT2D eigenvalue weighted by Crippen LogP contribution is 2.31. The Morgan fingerprint density at radius 2 is 2.22 bits per heavy atom. The summed E-state index contributed by atoms with van der Waals surface area (Å²) in [6.07, 6.45) is 3.81. The van der Waals surface area contributed by atoms with Crippen molar-refractivity contribution in [1.82, 2.24) is 0 Å². The summed E-state index contributed by atoms with van der Waals surface area (Å²) in [7, 11) is 0. The molecule has 0 N–H and O–H groups in total. The van der Waals surface area contributed by atoms with E-state index < -0.39 is 0 Å². The Bertz CT molecular complexity index is 107. The molecular formula is C7H11ClO. The molecule has 0 saturated heterocycles. The number of carbonyl (C=O) groups excluding carboxylic acids is 1. The maximum absolute atomic E-state index is 10.9. The molecule has 1 fully saturated rings. The number of halogens is 1. The SMILES string of the molecule is O=C(CCCCl)C1CC1. The van der Waals surface area contributed by atoms with E-state index in [0.29, 0.717) is 24.0 Å². The molecule has 0 aliphatic heterocycles. The summed E-state index contributed by atoms with van der Waals surface area (Å²) < 4.78 is 0. The zero-order valence-electron chi connectivity index (χ0n) is 5.40. The highest BCUT2D eigenvalue weighted by Gasteiger charge is 2.28. The van der Waals surface area contributed by atoms with Crippen molar-refractivity contribution in [3.05, 3.63) is 0 Å². The van der Waals surface area contributed by atoms with Crippen molar-refractivity contribution in [2.45, 2.75) is 25.7 Å². The van der Waals surface area contributed by atoms with Crippen molar-refractivity contribution >= 4 is 17.4 Å². The lowest BCUT2D eigenvalue weighted by atomic mass is 10.2. The minimum atomic E-state index is 0.424. The van der Waals surface area contributed by atoms with Crippen LogP contribution in [0.1, 0.15) is 25.7 Å². The van der Waals surface area contributed by atoms with E-state index in [1.165, 1.54) is 0 Å². The van der Waals surface area contributed by atoms with Crippen molar-refractivity contribution in [1.29, 1.82) is 0 Å². The summed E-state index contributed by atoms with van der Waals surface area (Å²) >= 11 is 5.42. The van der Waals surface area contributed by atoms with E-state index in [4.69, 9.17) is 11.6 Å². The summed E-state index contributed by atoms with van der Waals surface area (Å²) in [5, 5.41) is 0. The maximum Gasteiger partial charge on any atom is 0.136 e. The number of rotatable bonds is 4. The zero-order chi connectivity index (χ0) is 6.69. The molecule has 1 aliphatic rings. The van der Waals surface area contributed by atoms with Gasteiger partial charge in [-0.15, -0.1) is 11.6 Å². The van der Waals surface area contributed by atoms with Crippen molar-refractivity contribution in [3.63, 3.8) is 0 Å². The van der Waals surface area contributed by atoms with Crippen LogP contribution in [0.15, 0.2) is 0 Å². The molecule has 0 spiro atoms. The molecule has 1 rings (SSSR count). The number of ketones is 1. The fraction of sp³-hybridized carbons (Fsp3) is 0.857. The lowest BCUT2D eigenvalue weighted by Gasteiger charge is -1.92. The molecule has 9 heavy (non-hydrogen) atoms. The molecule has 1 saturated carbocycles. The standard InChI is InChI=1S/C7H11ClO/c8-5-1-2-7(9)6-3-4-6/h6H,1-5H2. The molecule has 2 heteroatoms. The molecule has 0 aromatic carbocycles. The molecule has 0 bridgehead atoms. The summed E-state index contributed by atoms with van der Waals surface area (Å²) in [6.45, 7) is 0. The van der Waals surface area contributed by atoms with E-state index in [0.717, 1.165) is 19.3 Å². The fourth-order valence-electron chi connectivity index (χ4n) is 0.850. The second-order valence-corrected chi connectivity index (χ2v) is 2.91. The molecular weight excluding hydrogens is 136 g/mol. The molecule has 52 valence electrons. The number of hydrogen-bond acceptors (Lipinski definition) is 1. The van der Waals surface area contributed by atoms with Gasteiger partial charge in [0.25, 0.3) is 0 Å². The second kappa shape index (κ2) is 3.21. The Morgan fingerprint density at radius 1 is 1.56 bits per heavy atom. The van der Waals surface area contributed by atoms with E-state index in [1.807, 2.05) is 0 Å². The van der Waals surface area contributed by atoms with Crippen molar-refractivity contribution in [2.75, 3.05) is 5.88 Å². The summed E-state index contributed by atoms with van der Waals surface area (Å²) in [6, 6.07) is 0. The van der Waals surface area contributed by atoms with Crippen LogP contribution in [0.3, 0.4) is 0 Å². The first-order valence-electron chi connectivity index (χ1n) is 3.43. The van der Waals surface area contributed by atoms with E-state index in [-0.39, 0.29) is 0 Å². The Morgan fingerprint density at radius 3 is 2.67 bits per heavy atom. The second-order valence-electron chi connectivity index (χ2n) is 2.53. The predicted octanol–water partition coefficient (Wildman–Crippen LogP) is 1.98. The van der Waals surface area contributed by atoms with E-state index in [1.54, 1.807) is 0 Å². The van der Waals surface area contributed by atoms with Crippen LogP contribution in [-0.4, -0.2) is 11.7 Å². The molecule has 1 aliphatic carbocycles. The van der Waals surface area contributed by atoms with Crippen LogP contribution < -0.4 is 0 Å². The van der Waals surface area contributed by atoms with Gasteiger partial charge in [0.2, 0.25) is 0 Å². The van der Waals surface area contributed by atoms with Gasteiger partial charge in [-0.05, 0) is 19.3 Å². The van der Waals surface area contributed by atoms with Crippen LogP contribution in [0.2, 0.25) is 0 Å². The summed E-state index contributed by atoms with van der Waals surface area (Å²) in [4.78, 5) is 10.9. The molecule has 0 atom stereocenters. The summed E-state index contributed by atoms with van der Waals surface area (Å²) in [5.74, 6) is 1.47. The molecule has 0 radical (unpaired) electrons. The van der Waals surface area contributed by atoms with Gasteiger partial charge in [0.05, 0.1) is 0 Å². The topological polar surface area (TPSA) is 17.1 Å². The van der Waals surface area contributed by atoms with E-state index in [2.05, 4.69) is 0 Å². The third kappa shape index (κ3) is 2.35. The van der Waals surface area contributed by atoms with Crippen molar-refractivity contribution < 1.29 is 4.79 Å². The molecule has 0 aromatic rings. The first-order chi connectivity index (χ1) is 4.34. The van der Waals surface area contributed by atoms with Gasteiger partial charge < -0.3 is 0 Å². The quantitative estimate of drug-likeness (QED) is 0.555. The predicted molar refractivity (Wildman–Crippen MR) is 37.7 cm³/mol. The van der Waals surface area contributed by atoms with E-state index in [9.17, 15) is 4.79 Å². The zero-order valence-corrected chi connectivity index (χ0v) is 6.16. The van der Waals surface area contributed by atoms with Crippen LogP contribution >= 0.6 is 11.6 Å². The van der Waals surface area contributed by atoms with Gasteiger partial charge in [-0.2, -0.15) is 0 Å². The first kappa shape index (κ1) is 7.07. The number of Topliss-reactive ketones (excluding diaryl/α,β-unsaturated/α-hetero) is 1. The van der Waals surface area contributed by atoms with Gasteiger partial charge in [-0.25, -0.2) is 0 Å². The molecule has 0 unspecified atom stereocenters. The molecule has 1 nitrogen and oxygen atoms in total. The Balaban J connectivity index is 2.03. The van der Waals surface area contributed by atoms with Crippen LogP contribution in [0.25, 0.3) is 0 Å². The van der Waals surface area contributed by atoms with Crippen LogP contribution in [-0.2, 0) is 4.79 Å². The monoisotopic (exact) mass is 146 g/mol. The van der Waals surface area contributed by atoms with Gasteiger partial charge in [-0.1, -0.05) is 0 Å². The lowest BCUT2D eigenvalue weighted by molar-refractivity contribution is -0.120. The molecule has 0 aromatic heterocycles. The highest BCUT2D eigenvalue weighted by atomic mass is 35.5. The van der Waals surface area contributed by atoms with Crippen LogP contribution in [0.5, 0.6) is 0 Å². The van der Waals surface area contributed by atoms with Gasteiger partial charge in [0, 0.05) is 18.2 Å². The Kier molecular flexibility index (Phi) is 2.52. The Labute approximate surface area is 60.4 Å². The minimum Gasteiger partial charge on any atom is -0.299 e. The fourth-order valence-corrected chi connectivity index (χ4v) is 0.984. The lowest BCUT2D eigenvalue weighted by Crippen LogP contribution is -1.99.